The third-order valence-electron chi connectivity index (χ3n) is 5.19. The summed E-state index contributed by atoms with van der Waals surface area (Å²) in [7, 11) is 1.60. The summed E-state index contributed by atoms with van der Waals surface area (Å²) in [6.45, 7) is 1.51. The number of ether oxygens (including phenoxy) is 2. The third kappa shape index (κ3) is 5.21. The number of aromatic nitrogens is 1. The second-order valence-electron chi connectivity index (χ2n) is 7.40. The molecule has 32 heavy (non-hydrogen) atoms. The summed E-state index contributed by atoms with van der Waals surface area (Å²) in [6, 6.07) is 18.6. The Kier molecular flexibility index (Phi) is 6.92. The van der Waals surface area contributed by atoms with Gasteiger partial charge in [-0.25, -0.2) is 4.98 Å². The van der Waals surface area contributed by atoms with Gasteiger partial charge in [0, 0.05) is 41.7 Å². The molecule has 0 spiro atoms. The molecular formula is C25H24ClN3O3. The molecule has 2 aromatic carbocycles. The fraction of sp³-hybridized carbons (Fsp3) is 0.200. The molecule has 6 nitrogen and oxygen atoms in total. The van der Waals surface area contributed by atoms with Crippen LogP contribution in [0.1, 0.15) is 22.3 Å². The molecule has 1 aliphatic rings. The number of carbonyl (C=O) groups excluding carboxylic acids is 1. The van der Waals surface area contributed by atoms with Crippen molar-refractivity contribution >= 4 is 35.0 Å². The van der Waals surface area contributed by atoms with Gasteiger partial charge in [-0.05, 0) is 48.5 Å². The Morgan fingerprint density at radius 1 is 1.19 bits per heavy atom. The number of anilines is 2. The van der Waals surface area contributed by atoms with Crippen LogP contribution in [0.5, 0.6) is 5.88 Å². The molecule has 1 N–H and O–H groups in total. The number of methoxy groups -OCH3 is 1. The maximum Gasteiger partial charge on any atom is 0.255 e. The molecule has 1 atom stereocenters. The molecule has 1 saturated heterocycles. The topological polar surface area (TPSA) is 63.7 Å². The fourth-order valence-electron chi connectivity index (χ4n) is 3.64. The molecule has 4 rings (SSSR count). The zero-order valence-corrected chi connectivity index (χ0v) is 18.5. The van der Waals surface area contributed by atoms with Crippen LogP contribution in [0.15, 0.2) is 73.1 Å². The van der Waals surface area contributed by atoms with Gasteiger partial charge < -0.3 is 19.7 Å². The maximum atomic E-state index is 12.7. The van der Waals surface area contributed by atoms with Crippen molar-refractivity contribution in [1.82, 2.24) is 4.98 Å². The molecule has 0 saturated carbocycles. The van der Waals surface area contributed by atoms with Gasteiger partial charge in [0.1, 0.15) is 11.1 Å². The normalized spacial score (nSPS) is 15.7. The predicted molar refractivity (Wildman–Crippen MR) is 127 cm³/mol. The lowest BCUT2D eigenvalue weighted by Crippen LogP contribution is -2.25. The van der Waals surface area contributed by atoms with Crippen molar-refractivity contribution < 1.29 is 14.3 Å². The highest BCUT2D eigenvalue weighted by molar-refractivity contribution is 6.31. The molecule has 164 valence electrons. The Hall–Kier alpha value is -3.51. The number of nitrogens with one attached hydrogen (secondary N) is 1. The Balaban J connectivity index is 1.51. The summed E-state index contributed by atoms with van der Waals surface area (Å²) in [5.41, 5.74) is 3.22. The smallest absolute Gasteiger partial charge is 0.255 e. The Morgan fingerprint density at radius 2 is 2.03 bits per heavy atom. The first kappa shape index (κ1) is 21.7. The van der Waals surface area contributed by atoms with Crippen LogP contribution in [0, 0.1) is 0 Å². The van der Waals surface area contributed by atoms with Crippen LogP contribution in [0.4, 0.5) is 11.4 Å². The van der Waals surface area contributed by atoms with Gasteiger partial charge in [0.15, 0.2) is 0 Å². The van der Waals surface area contributed by atoms with E-state index in [-0.39, 0.29) is 12.0 Å². The SMILES string of the molecule is COC=Cc1cc(C(=O)Nc2ccccc2)ccc1N1CCC(Oc2ncccc2Cl)C1. The zero-order chi connectivity index (χ0) is 22.3. The second kappa shape index (κ2) is 10.2. The van der Waals surface area contributed by atoms with Crippen LogP contribution in [-0.4, -0.2) is 37.2 Å². The van der Waals surface area contributed by atoms with Gasteiger partial charge in [-0.1, -0.05) is 29.8 Å². The number of halogens is 1. The molecule has 0 radical (unpaired) electrons. The fourth-order valence-corrected chi connectivity index (χ4v) is 3.81. The summed E-state index contributed by atoms with van der Waals surface area (Å²) in [5.74, 6) is 0.288. The first-order valence-electron chi connectivity index (χ1n) is 10.4. The highest BCUT2D eigenvalue weighted by Gasteiger charge is 2.26. The van der Waals surface area contributed by atoms with Crippen molar-refractivity contribution in [3.8, 4) is 5.88 Å². The zero-order valence-electron chi connectivity index (χ0n) is 17.7. The van der Waals surface area contributed by atoms with E-state index in [1.165, 1.54) is 0 Å². The number of pyridine rings is 1. The number of rotatable bonds is 7. The molecule has 2 heterocycles. The van der Waals surface area contributed by atoms with E-state index in [2.05, 4.69) is 15.2 Å². The van der Waals surface area contributed by atoms with Gasteiger partial charge >= 0.3 is 0 Å². The van der Waals surface area contributed by atoms with E-state index in [9.17, 15) is 4.79 Å². The van der Waals surface area contributed by atoms with Crippen LogP contribution in [-0.2, 0) is 4.74 Å². The molecular weight excluding hydrogens is 426 g/mol. The van der Waals surface area contributed by atoms with Crippen LogP contribution >= 0.6 is 11.6 Å². The van der Waals surface area contributed by atoms with E-state index in [1.54, 1.807) is 31.7 Å². The van der Waals surface area contributed by atoms with Gasteiger partial charge in [0.25, 0.3) is 5.91 Å². The molecule has 1 aromatic heterocycles. The maximum absolute atomic E-state index is 12.7. The van der Waals surface area contributed by atoms with Gasteiger partial charge in [0.05, 0.1) is 19.9 Å². The van der Waals surface area contributed by atoms with E-state index in [1.807, 2.05) is 54.6 Å². The third-order valence-corrected chi connectivity index (χ3v) is 5.48. The van der Waals surface area contributed by atoms with Crippen molar-refractivity contribution in [1.29, 1.82) is 0 Å². The molecule has 0 aliphatic carbocycles. The van der Waals surface area contributed by atoms with E-state index in [4.69, 9.17) is 21.1 Å². The molecule has 1 fully saturated rings. The van der Waals surface area contributed by atoms with E-state index in [0.29, 0.717) is 23.0 Å². The van der Waals surface area contributed by atoms with Crippen molar-refractivity contribution in [2.24, 2.45) is 0 Å². The van der Waals surface area contributed by atoms with Gasteiger partial charge in [-0.3, -0.25) is 4.79 Å². The molecule has 7 heteroatoms. The van der Waals surface area contributed by atoms with Crippen molar-refractivity contribution in [3.05, 3.63) is 89.3 Å². The lowest BCUT2D eigenvalue weighted by atomic mass is 10.1. The molecule has 1 aliphatic heterocycles. The minimum atomic E-state index is -0.165. The van der Waals surface area contributed by atoms with Crippen molar-refractivity contribution in [2.45, 2.75) is 12.5 Å². The highest BCUT2D eigenvalue weighted by Crippen LogP contribution is 2.30. The average molecular weight is 450 g/mol. The lowest BCUT2D eigenvalue weighted by Gasteiger charge is -2.22. The highest BCUT2D eigenvalue weighted by atomic mass is 35.5. The first-order chi connectivity index (χ1) is 15.6. The lowest BCUT2D eigenvalue weighted by molar-refractivity contribution is 0.102. The number of nitrogens with zero attached hydrogens (tertiary/aromatic N) is 2. The van der Waals surface area contributed by atoms with Gasteiger partial charge in [-0.2, -0.15) is 0 Å². The van der Waals surface area contributed by atoms with Crippen LogP contribution in [0.25, 0.3) is 6.08 Å². The molecule has 0 bridgehead atoms. The Morgan fingerprint density at radius 3 is 2.81 bits per heavy atom. The quantitative estimate of drug-likeness (QED) is 0.498. The summed E-state index contributed by atoms with van der Waals surface area (Å²) in [6.07, 6.45) is 5.95. The van der Waals surface area contributed by atoms with Gasteiger partial charge in [-0.15, -0.1) is 0 Å². The van der Waals surface area contributed by atoms with E-state index in [0.717, 1.165) is 29.9 Å². The minimum absolute atomic E-state index is 0.0253. The minimum Gasteiger partial charge on any atom is -0.504 e. The number of hydrogen-bond acceptors (Lipinski definition) is 5. The second-order valence-corrected chi connectivity index (χ2v) is 7.80. The number of hydrogen-bond donors (Lipinski definition) is 1. The standard InChI is InChI=1S/C25H24ClN3O3/c1-31-15-12-18-16-19(24(30)28-20-6-3-2-4-7-20)9-10-23(18)29-14-11-21(17-29)32-25-22(26)8-5-13-27-25/h2-10,12-13,15-16,21H,11,14,17H2,1H3,(H,28,30). The number of amides is 1. The monoisotopic (exact) mass is 449 g/mol. The van der Waals surface area contributed by atoms with Gasteiger partial charge in [0.2, 0.25) is 5.88 Å². The van der Waals surface area contributed by atoms with Crippen LogP contribution in [0.3, 0.4) is 0 Å². The van der Waals surface area contributed by atoms with Crippen LogP contribution in [0.2, 0.25) is 5.02 Å². The molecule has 1 unspecified atom stereocenters. The number of para-hydroxylation sites is 1. The summed E-state index contributed by atoms with van der Waals surface area (Å²) in [4.78, 5) is 19.2. The number of carbonyl (C=O) groups is 1. The largest absolute Gasteiger partial charge is 0.504 e. The van der Waals surface area contributed by atoms with Crippen molar-refractivity contribution in [2.75, 3.05) is 30.4 Å². The number of benzene rings is 2. The summed E-state index contributed by atoms with van der Waals surface area (Å²) >= 11 is 6.18. The average Bonchev–Trinajstić information content (AvgIpc) is 3.28. The van der Waals surface area contributed by atoms with Crippen LogP contribution < -0.4 is 15.0 Å². The van der Waals surface area contributed by atoms with Crippen molar-refractivity contribution in [3.63, 3.8) is 0 Å². The summed E-state index contributed by atoms with van der Waals surface area (Å²) in [5, 5.41) is 3.43. The molecule has 1 amide bonds. The Bertz CT molecular complexity index is 1100. The van der Waals surface area contributed by atoms with E-state index >= 15 is 0 Å². The van der Waals surface area contributed by atoms with E-state index < -0.39 is 0 Å². The first-order valence-corrected chi connectivity index (χ1v) is 10.7. The summed E-state index contributed by atoms with van der Waals surface area (Å²) < 4.78 is 11.1. The Labute approximate surface area is 192 Å². The predicted octanol–water partition coefficient (Wildman–Crippen LogP) is 5.26. The molecule has 3 aromatic rings.